The molecule has 0 aromatic heterocycles. The first-order chi connectivity index (χ1) is 23.8. The fourth-order valence-electron chi connectivity index (χ4n) is 6.58. The second-order valence-electron chi connectivity index (χ2n) is 14.3. The average molecular weight is 751 g/mol. The molecular formula is C41H82O3S4. The normalized spacial score (nSPS) is 15.9. The molecule has 1 aliphatic heterocycles. The molecule has 288 valence electrons. The maximum atomic E-state index is 9.43. The number of thioether (sulfide) groups is 4. The fourth-order valence-corrected chi connectivity index (χ4v) is 11.0. The first kappa shape index (κ1) is 47.3. The van der Waals surface area contributed by atoms with Gasteiger partial charge in [0.15, 0.2) is 5.79 Å². The molecule has 0 aromatic carbocycles. The number of ether oxygens (including phenoxy) is 2. The lowest BCUT2D eigenvalue weighted by molar-refractivity contribution is -0.180. The van der Waals surface area contributed by atoms with E-state index in [1.54, 1.807) is 0 Å². The van der Waals surface area contributed by atoms with Crippen molar-refractivity contribution in [1.29, 1.82) is 0 Å². The molecule has 48 heavy (non-hydrogen) atoms. The summed E-state index contributed by atoms with van der Waals surface area (Å²) in [6, 6.07) is 0. The molecule has 1 saturated heterocycles. The predicted octanol–water partition coefficient (Wildman–Crippen LogP) is 14.3. The third-order valence-corrected chi connectivity index (χ3v) is 14.7. The van der Waals surface area contributed by atoms with Gasteiger partial charge in [0.05, 0.1) is 12.7 Å². The van der Waals surface area contributed by atoms with E-state index in [-0.39, 0.29) is 18.5 Å². The molecule has 0 saturated carbocycles. The molecule has 1 atom stereocenters. The molecule has 1 unspecified atom stereocenters. The summed E-state index contributed by atoms with van der Waals surface area (Å²) in [4.78, 5) is 0. The number of aliphatic hydroxyl groups excluding tert-OH is 1. The summed E-state index contributed by atoms with van der Waals surface area (Å²) < 4.78 is 12.8. The van der Waals surface area contributed by atoms with Gasteiger partial charge in [0, 0.05) is 29.6 Å². The minimum absolute atomic E-state index is 0.0763. The molecule has 3 nitrogen and oxygen atoms in total. The molecule has 0 radical (unpaired) electrons. The molecule has 0 spiro atoms. The van der Waals surface area contributed by atoms with Crippen LogP contribution in [0.4, 0.5) is 0 Å². The summed E-state index contributed by atoms with van der Waals surface area (Å²) in [5.41, 5.74) is 0. The number of hydrogen-bond acceptors (Lipinski definition) is 7. The molecule has 0 bridgehead atoms. The average Bonchev–Trinajstić information content (AvgIpc) is 3.49. The van der Waals surface area contributed by atoms with E-state index in [0.717, 1.165) is 12.8 Å². The van der Waals surface area contributed by atoms with Crippen LogP contribution in [0.2, 0.25) is 0 Å². The predicted molar refractivity (Wildman–Crippen MR) is 225 cm³/mol. The highest BCUT2D eigenvalue weighted by molar-refractivity contribution is 8.16. The number of rotatable bonds is 40. The Kier molecular flexibility index (Phi) is 37.5. The second kappa shape index (κ2) is 38.0. The minimum Gasteiger partial charge on any atom is -0.396 e. The fraction of sp³-hybridized carbons (Fsp3) is 1.00. The lowest BCUT2D eigenvalue weighted by atomic mass is 9.99. The van der Waals surface area contributed by atoms with Gasteiger partial charge in [-0.1, -0.05) is 142 Å². The van der Waals surface area contributed by atoms with Crippen molar-refractivity contribution < 1.29 is 14.6 Å². The summed E-state index contributed by atoms with van der Waals surface area (Å²) in [6.07, 6.45) is 38.6. The van der Waals surface area contributed by atoms with Gasteiger partial charge in [0.25, 0.3) is 0 Å². The molecule has 1 fully saturated rings. The zero-order valence-electron chi connectivity index (χ0n) is 32.1. The molecular weight excluding hydrogens is 669 g/mol. The van der Waals surface area contributed by atoms with E-state index in [0.29, 0.717) is 13.0 Å². The van der Waals surface area contributed by atoms with Gasteiger partial charge in [-0.2, -0.15) is 47.0 Å². The van der Waals surface area contributed by atoms with Gasteiger partial charge in [0.2, 0.25) is 0 Å². The van der Waals surface area contributed by atoms with Crippen LogP contribution in [0.15, 0.2) is 0 Å². The standard InChI is InChI=1S/C41H82O3S4/c1-3-5-7-9-13-19-25-33-45-38-47-35-27-21-15-11-17-23-30-41(43-37-40(44-41)29-32-42)31-24-18-12-16-22-28-36-48-39-46-34-26-20-14-10-8-6-4-2/h40,42H,3-39H2,1-2H3. The molecule has 1 N–H and O–H groups in total. The first-order valence-electron chi connectivity index (χ1n) is 21.0. The number of unbranched alkanes of at least 4 members (excludes halogenated alkanes) is 22. The van der Waals surface area contributed by atoms with Crippen LogP contribution in [-0.4, -0.2) is 63.4 Å². The number of hydrogen-bond donors (Lipinski definition) is 1. The van der Waals surface area contributed by atoms with Crippen molar-refractivity contribution in [3.05, 3.63) is 0 Å². The largest absolute Gasteiger partial charge is 0.396 e. The monoisotopic (exact) mass is 751 g/mol. The van der Waals surface area contributed by atoms with Gasteiger partial charge >= 0.3 is 0 Å². The highest BCUT2D eigenvalue weighted by Gasteiger charge is 2.40. The van der Waals surface area contributed by atoms with Crippen LogP contribution in [0.5, 0.6) is 0 Å². The van der Waals surface area contributed by atoms with Gasteiger partial charge in [-0.05, 0) is 68.0 Å². The Bertz CT molecular complexity index is 587. The van der Waals surface area contributed by atoms with Gasteiger partial charge in [-0.15, -0.1) is 0 Å². The minimum atomic E-state index is -0.382. The molecule has 1 heterocycles. The highest BCUT2D eigenvalue weighted by Crippen LogP contribution is 2.35. The summed E-state index contributed by atoms with van der Waals surface area (Å²) in [6.45, 7) is 5.44. The van der Waals surface area contributed by atoms with Crippen LogP contribution in [0.1, 0.15) is 200 Å². The highest BCUT2D eigenvalue weighted by atomic mass is 32.2. The lowest BCUT2D eigenvalue weighted by Crippen LogP contribution is -2.31. The second-order valence-corrected chi connectivity index (χ2v) is 19.5. The molecule has 0 aromatic rings. The zero-order valence-corrected chi connectivity index (χ0v) is 35.4. The van der Waals surface area contributed by atoms with Crippen molar-refractivity contribution in [3.8, 4) is 0 Å². The molecule has 0 amide bonds. The Labute approximate surface area is 318 Å². The topological polar surface area (TPSA) is 38.7 Å². The van der Waals surface area contributed by atoms with E-state index in [9.17, 15) is 5.11 Å². The van der Waals surface area contributed by atoms with Crippen molar-refractivity contribution in [2.75, 3.05) is 46.4 Å². The van der Waals surface area contributed by atoms with E-state index in [2.05, 4.69) is 60.9 Å². The molecule has 0 aliphatic carbocycles. The Morgan fingerprint density at radius 1 is 0.479 bits per heavy atom. The van der Waals surface area contributed by atoms with Crippen molar-refractivity contribution in [2.24, 2.45) is 0 Å². The molecule has 1 rings (SSSR count). The van der Waals surface area contributed by atoms with Crippen molar-refractivity contribution >= 4 is 47.0 Å². The van der Waals surface area contributed by atoms with Crippen LogP contribution in [0, 0.1) is 0 Å². The van der Waals surface area contributed by atoms with E-state index in [1.165, 1.54) is 200 Å². The van der Waals surface area contributed by atoms with Crippen LogP contribution >= 0.6 is 47.0 Å². The Balaban J connectivity index is 1.96. The van der Waals surface area contributed by atoms with Crippen LogP contribution in [0.3, 0.4) is 0 Å². The third-order valence-electron chi connectivity index (χ3n) is 9.68. The SMILES string of the molecule is CCCCCCCCCSCSCCCCCCCCC1(CCCCCCCCSCSCCCCCCCCC)OCC(CCO)O1. The quantitative estimate of drug-likeness (QED) is 0.0494. The number of aliphatic hydroxyl groups is 1. The Hall–Kier alpha value is 1.28. The van der Waals surface area contributed by atoms with Crippen LogP contribution in [-0.2, 0) is 9.47 Å². The van der Waals surface area contributed by atoms with Crippen molar-refractivity contribution in [1.82, 2.24) is 0 Å². The van der Waals surface area contributed by atoms with Gasteiger partial charge < -0.3 is 14.6 Å². The summed E-state index contributed by atoms with van der Waals surface area (Å²) in [7, 11) is 0. The molecule has 7 heteroatoms. The van der Waals surface area contributed by atoms with Gasteiger partial charge in [-0.3, -0.25) is 0 Å². The van der Waals surface area contributed by atoms with Gasteiger partial charge in [-0.25, -0.2) is 0 Å². The Morgan fingerprint density at radius 2 is 0.812 bits per heavy atom. The van der Waals surface area contributed by atoms with Crippen LogP contribution in [0.25, 0.3) is 0 Å². The maximum Gasteiger partial charge on any atom is 0.168 e. The Morgan fingerprint density at radius 3 is 1.17 bits per heavy atom. The van der Waals surface area contributed by atoms with E-state index in [4.69, 9.17) is 9.47 Å². The van der Waals surface area contributed by atoms with Crippen molar-refractivity contribution in [3.63, 3.8) is 0 Å². The van der Waals surface area contributed by atoms with E-state index < -0.39 is 0 Å². The van der Waals surface area contributed by atoms with Gasteiger partial charge in [0.1, 0.15) is 0 Å². The van der Waals surface area contributed by atoms with Crippen LogP contribution < -0.4 is 0 Å². The smallest absolute Gasteiger partial charge is 0.168 e. The first-order valence-corrected chi connectivity index (χ1v) is 25.6. The van der Waals surface area contributed by atoms with E-state index in [1.807, 2.05) is 0 Å². The lowest BCUT2D eigenvalue weighted by Gasteiger charge is -2.28. The van der Waals surface area contributed by atoms with E-state index >= 15 is 0 Å². The zero-order chi connectivity index (χ0) is 34.5. The maximum absolute atomic E-state index is 9.43. The summed E-state index contributed by atoms with van der Waals surface area (Å²) in [5.74, 6) is 4.99. The summed E-state index contributed by atoms with van der Waals surface area (Å²) >= 11 is 8.60. The molecule has 1 aliphatic rings. The van der Waals surface area contributed by atoms with Crippen molar-refractivity contribution in [2.45, 2.75) is 212 Å². The third kappa shape index (κ3) is 30.9. The summed E-state index contributed by atoms with van der Waals surface area (Å²) in [5, 5.41) is 12.0.